The third-order valence-electron chi connectivity index (χ3n) is 5.19. The molecule has 0 saturated heterocycles. The molecule has 1 aliphatic rings. The van der Waals surface area contributed by atoms with Crippen molar-refractivity contribution in [3.05, 3.63) is 53.4 Å². The van der Waals surface area contributed by atoms with Gasteiger partial charge >= 0.3 is 0 Å². The molecule has 4 heterocycles. The maximum absolute atomic E-state index is 6.33. The van der Waals surface area contributed by atoms with Gasteiger partial charge in [0.25, 0.3) is 0 Å². The molecule has 5 rings (SSSR count). The van der Waals surface area contributed by atoms with E-state index in [1.807, 2.05) is 33.0 Å². The van der Waals surface area contributed by atoms with Crippen LogP contribution in [0.25, 0.3) is 22.2 Å². The van der Waals surface area contributed by atoms with E-state index in [9.17, 15) is 0 Å². The molecule has 0 radical (unpaired) electrons. The van der Waals surface area contributed by atoms with Crippen molar-refractivity contribution in [3.8, 4) is 16.9 Å². The Kier molecular flexibility index (Phi) is 3.59. The molecule has 0 spiro atoms. The number of benzene rings is 1. The van der Waals surface area contributed by atoms with Crippen LogP contribution in [-0.4, -0.2) is 26.3 Å². The van der Waals surface area contributed by atoms with Gasteiger partial charge in [-0.05, 0) is 43.8 Å². The quantitative estimate of drug-likeness (QED) is 0.500. The van der Waals surface area contributed by atoms with Crippen LogP contribution in [0.5, 0.6) is 5.75 Å². The second kappa shape index (κ2) is 5.89. The Balaban J connectivity index is 1.84. The van der Waals surface area contributed by atoms with Gasteiger partial charge in [-0.1, -0.05) is 11.2 Å². The standard InChI is InChI=1S/C20H19N4O2P/c1-10-17(11(2)26-23-10)14-7-16(27)18-19-20(14)25-9-15(24(19)12(3)22-18)13-5-4-6-21-8-13/h4-8,15H,9,27H2,1-3H3. The molecule has 0 bridgehead atoms. The summed E-state index contributed by atoms with van der Waals surface area (Å²) in [6.07, 6.45) is 3.68. The molecule has 0 aliphatic carbocycles. The average molecular weight is 378 g/mol. The number of aromatic nitrogens is 4. The number of imidazole rings is 1. The zero-order valence-electron chi connectivity index (χ0n) is 15.4. The monoisotopic (exact) mass is 378 g/mol. The highest BCUT2D eigenvalue weighted by Gasteiger charge is 2.31. The van der Waals surface area contributed by atoms with Crippen LogP contribution >= 0.6 is 9.24 Å². The molecule has 136 valence electrons. The van der Waals surface area contributed by atoms with Crippen molar-refractivity contribution in [2.24, 2.45) is 0 Å². The fraction of sp³-hybridized carbons (Fsp3) is 0.250. The summed E-state index contributed by atoms with van der Waals surface area (Å²) in [7, 11) is 2.80. The van der Waals surface area contributed by atoms with E-state index in [0.717, 1.165) is 56.1 Å². The number of hydrogen-bond donors (Lipinski definition) is 0. The van der Waals surface area contributed by atoms with Gasteiger partial charge in [-0.2, -0.15) is 0 Å². The minimum absolute atomic E-state index is 0.0421. The lowest BCUT2D eigenvalue weighted by atomic mass is 10.00. The summed E-state index contributed by atoms with van der Waals surface area (Å²) >= 11 is 0. The maximum atomic E-state index is 6.33. The van der Waals surface area contributed by atoms with E-state index in [1.54, 1.807) is 6.20 Å². The van der Waals surface area contributed by atoms with Crippen molar-refractivity contribution in [3.63, 3.8) is 0 Å². The van der Waals surface area contributed by atoms with Crippen molar-refractivity contribution < 1.29 is 9.26 Å². The normalized spacial score (nSPS) is 15.9. The van der Waals surface area contributed by atoms with E-state index < -0.39 is 0 Å². The lowest BCUT2D eigenvalue weighted by molar-refractivity contribution is 0.258. The molecule has 0 saturated carbocycles. The predicted molar refractivity (Wildman–Crippen MR) is 107 cm³/mol. The summed E-state index contributed by atoms with van der Waals surface area (Å²) in [4.78, 5) is 9.11. The highest BCUT2D eigenvalue weighted by atomic mass is 31.0. The van der Waals surface area contributed by atoms with Crippen LogP contribution < -0.4 is 10.0 Å². The van der Waals surface area contributed by atoms with Gasteiger partial charge in [0.1, 0.15) is 23.7 Å². The third kappa shape index (κ3) is 2.33. The molecular weight excluding hydrogens is 359 g/mol. The zero-order chi connectivity index (χ0) is 18.7. The number of pyridine rings is 1. The molecule has 0 fully saturated rings. The molecule has 2 unspecified atom stereocenters. The van der Waals surface area contributed by atoms with Crippen LogP contribution in [0.15, 0.2) is 35.1 Å². The summed E-state index contributed by atoms with van der Waals surface area (Å²) in [5, 5.41) is 5.15. The first-order valence-corrected chi connectivity index (χ1v) is 9.41. The minimum atomic E-state index is 0.0421. The van der Waals surface area contributed by atoms with E-state index in [4.69, 9.17) is 14.2 Å². The lowest BCUT2D eigenvalue weighted by Crippen LogP contribution is -2.24. The Labute approximate surface area is 158 Å². The first-order valence-electron chi connectivity index (χ1n) is 8.83. The Morgan fingerprint density at radius 2 is 2.11 bits per heavy atom. The fourth-order valence-corrected chi connectivity index (χ4v) is 4.38. The van der Waals surface area contributed by atoms with Crippen LogP contribution in [-0.2, 0) is 0 Å². The highest BCUT2D eigenvalue weighted by Crippen LogP contribution is 2.44. The van der Waals surface area contributed by atoms with Gasteiger partial charge < -0.3 is 13.8 Å². The second-order valence-corrected chi connectivity index (χ2v) is 7.50. The highest BCUT2D eigenvalue weighted by molar-refractivity contribution is 7.28. The Morgan fingerprint density at radius 3 is 2.81 bits per heavy atom. The van der Waals surface area contributed by atoms with Crippen molar-refractivity contribution >= 4 is 25.6 Å². The summed E-state index contributed by atoms with van der Waals surface area (Å²) in [6.45, 7) is 6.45. The molecule has 1 aliphatic heterocycles. The molecule has 7 heteroatoms. The number of hydrogen-bond acceptors (Lipinski definition) is 5. The molecule has 3 aromatic heterocycles. The first-order chi connectivity index (χ1) is 13.1. The molecule has 27 heavy (non-hydrogen) atoms. The molecule has 2 atom stereocenters. The van der Waals surface area contributed by atoms with Crippen molar-refractivity contribution in [2.45, 2.75) is 26.8 Å². The first kappa shape index (κ1) is 16.5. The average Bonchev–Trinajstić information content (AvgIpc) is 3.20. The summed E-state index contributed by atoms with van der Waals surface area (Å²) in [5.41, 5.74) is 5.90. The van der Waals surface area contributed by atoms with E-state index in [0.29, 0.717) is 6.61 Å². The predicted octanol–water partition coefficient (Wildman–Crippen LogP) is 3.49. The molecule has 4 aromatic rings. The fourth-order valence-electron chi connectivity index (χ4n) is 4.02. The maximum Gasteiger partial charge on any atom is 0.153 e. The minimum Gasteiger partial charge on any atom is -0.488 e. The van der Waals surface area contributed by atoms with E-state index in [-0.39, 0.29) is 6.04 Å². The third-order valence-corrected chi connectivity index (χ3v) is 5.63. The number of ether oxygens (including phenoxy) is 1. The van der Waals surface area contributed by atoms with Gasteiger partial charge in [0.15, 0.2) is 5.75 Å². The van der Waals surface area contributed by atoms with Crippen LogP contribution in [0.3, 0.4) is 0 Å². The van der Waals surface area contributed by atoms with Crippen molar-refractivity contribution in [1.29, 1.82) is 0 Å². The molecular formula is C20H19N4O2P. The molecule has 1 aromatic carbocycles. The van der Waals surface area contributed by atoms with Gasteiger partial charge in [0.2, 0.25) is 0 Å². The SMILES string of the molecule is Cc1noc(C)c1-c1cc(P)c2nc(C)n3c2c1OCC3c1cccnc1. The van der Waals surface area contributed by atoms with Crippen LogP contribution in [0.2, 0.25) is 0 Å². The lowest BCUT2D eigenvalue weighted by Gasteiger charge is -2.28. The topological polar surface area (TPSA) is 66.0 Å². The van der Waals surface area contributed by atoms with Crippen LogP contribution in [0.4, 0.5) is 0 Å². The second-order valence-electron chi connectivity index (χ2n) is 6.88. The van der Waals surface area contributed by atoms with Crippen LogP contribution in [0.1, 0.15) is 28.9 Å². The van der Waals surface area contributed by atoms with Gasteiger partial charge in [-0.25, -0.2) is 4.98 Å². The van der Waals surface area contributed by atoms with Crippen molar-refractivity contribution in [1.82, 2.24) is 19.7 Å². The Hall–Kier alpha value is -2.72. The summed E-state index contributed by atoms with van der Waals surface area (Å²) in [6, 6.07) is 6.17. The molecule has 6 nitrogen and oxygen atoms in total. The number of aryl methyl sites for hydroxylation is 3. The Morgan fingerprint density at radius 1 is 1.26 bits per heavy atom. The largest absolute Gasteiger partial charge is 0.488 e. The van der Waals surface area contributed by atoms with Gasteiger partial charge in [-0.3, -0.25) is 4.98 Å². The smallest absolute Gasteiger partial charge is 0.153 e. The van der Waals surface area contributed by atoms with Gasteiger partial charge in [-0.15, -0.1) is 9.24 Å². The summed E-state index contributed by atoms with van der Waals surface area (Å²) in [5.74, 6) is 2.59. The van der Waals surface area contributed by atoms with Crippen molar-refractivity contribution in [2.75, 3.05) is 6.61 Å². The van der Waals surface area contributed by atoms with Gasteiger partial charge in [0.05, 0.1) is 22.8 Å². The Bertz CT molecular complexity index is 1160. The number of nitrogens with zero attached hydrogens (tertiary/aromatic N) is 4. The van der Waals surface area contributed by atoms with E-state index in [1.165, 1.54) is 0 Å². The zero-order valence-corrected chi connectivity index (χ0v) is 16.5. The molecule has 0 N–H and O–H groups in total. The van der Waals surface area contributed by atoms with E-state index in [2.05, 4.69) is 36.1 Å². The van der Waals surface area contributed by atoms with Crippen LogP contribution in [0, 0.1) is 20.8 Å². The van der Waals surface area contributed by atoms with Gasteiger partial charge in [0, 0.05) is 18.0 Å². The molecule has 0 amide bonds. The number of rotatable bonds is 2. The summed E-state index contributed by atoms with van der Waals surface area (Å²) < 4.78 is 14.0. The van der Waals surface area contributed by atoms with E-state index >= 15 is 0 Å².